The van der Waals surface area contributed by atoms with Crippen molar-refractivity contribution in [1.29, 1.82) is 0 Å². The molecule has 2 N–H and O–H groups in total. The van der Waals surface area contributed by atoms with Crippen molar-refractivity contribution in [3.05, 3.63) is 53.9 Å². The molecule has 1 amide bonds. The molecule has 1 aromatic heterocycles. The standard InChI is InChI=1S/C18H20N2O3/c1-13-3-4-14(17(21)20-12-18(22)7-2-8-18)11-16(13)23-15-5-9-19-10-6-15/h3-6,9-11,22H,2,7-8,12H2,1H3,(H,20,21). The zero-order valence-corrected chi connectivity index (χ0v) is 13.1. The minimum absolute atomic E-state index is 0.204. The van der Waals surface area contributed by atoms with Crippen LogP contribution in [0, 0.1) is 6.92 Å². The third-order valence-electron chi connectivity index (χ3n) is 4.19. The number of aromatic nitrogens is 1. The van der Waals surface area contributed by atoms with Crippen molar-refractivity contribution < 1.29 is 14.6 Å². The predicted octanol–water partition coefficient (Wildman–Crippen LogP) is 2.83. The van der Waals surface area contributed by atoms with E-state index >= 15 is 0 Å². The van der Waals surface area contributed by atoms with Crippen molar-refractivity contribution in [2.75, 3.05) is 6.54 Å². The van der Waals surface area contributed by atoms with Crippen LogP contribution in [-0.4, -0.2) is 28.1 Å². The molecule has 5 nitrogen and oxygen atoms in total. The van der Waals surface area contributed by atoms with Gasteiger partial charge in [-0.15, -0.1) is 0 Å². The monoisotopic (exact) mass is 312 g/mol. The summed E-state index contributed by atoms with van der Waals surface area (Å²) in [5.74, 6) is 1.10. The topological polar surface area (TPSA) is 71.5 Å². The molecule has 1 aliphatic rings. The van der Waals surface area contributed by atoms with Crippen molar-refractivity contribution in [3.63, 3.8) is 0 Å². The van der Waals surface area contributed by atoms with Gasteiger partial charge in [0.2, 0.25) is 0 Å². The summed E-state index contributed by atoms with van der Waals surface area (Å²) in [4.78, 5) is 16.2. The maximum Gasteiger partial charge on any atom is 0.251 e. The molecule has 0 bridgehead atoms. The Morgan fingerprint density at radius 1 is 1.30 bits per heavy atom. The Bertz CT molecular complexity index is 697. The van der Waals surface area contributed by atoms with Crippen LogP contribution in [0.4, 0.5) is 0 Å². The average Bonchev–Trinajstić information content (AvgIpc) is 2.54. The van der Waals surface area contributed by atoms with Crippen LogP contribution in [-0.2, 0) is 0 Å². The molecule has 0 saturated heterocycles. The number of rotatable bonds is 5. The molecule has 0 unspecified atom stereocenters. The Morgan fingerprint density at radius 2 is 2.04 bits per heavy atom. The average molecular weight is 312 g/mol. The number of benzene rings is 1. The summed E-state index contributed by atoms with van der Waals surface area (Å²) in [5, 5.41) is 12.9. The van der Waals surface area contributed by atoms with Gasteiger partial charge in [-0.3, -0.25) is 9.78 Å². The maximum atomic E-state index is 12.3. The highest BCUT2D eigenvalue weighted by atomic mass is 16.5. The van der Waals surface area contributed by atoms with Gasteiger partial charge in [0, 0.05) is 24.5 Å². The third-order valence-corrected chi connectivity index (χ3v) is 4.19. The van der Waals surface area contributed by atoms with Gasteiger partial charge in [-0.25, -0.2) is 0 Å². The molecule has 1 fully saturated rings. The highest BCUT2D eigenvalue weighted by molar-refractivity contribution is 5.94. The molecule has 0 spiro atoms. The van der Waals surface area contributed by atoms with Crippen LogP contribution >= 0.6 is 0 Å². The lowest BCUT2D eigenvalue weighted by Crippen LogP contribution is -2.47. The zero-order chi connectivity index (χ0) is 16.3. The SMILES string of the molecule is Cc1ccc(C(=O)NCC2(O)CCC2)cc1Oc1ccncc1. The first-order valence-corrected chi connectivity index (χ1v) is 7.75. The van der Waals surface area contributed by atoms with Gasteiger partial charge in [-0.1, -0.05) is 6.07 Å². The van der Waals surface area contributed by atoms with Gasteiger partial charge < -0.3 is 15.2 Å². The summed E-state index contributed by atoms with van der Waals surface area (Å²) in [6, 6.07) is 8.85. The summed E-state index contributed by atoms with van der Waals surface area (Å²) in [5.41, 5.74) is 0.732. The second-order valence-corrected chi connectivity index (χ2v) is 6.03. The molecule has 1 saturated carbocycles. The number of aryl methyl sites for hydroxylation is 1. The Kier molecular flexibility index (Phi) is 4.30. The molecule has 0 atom stereocenters. The van der Waals surface area contributed by atoms with E-state index in [1.807, 2.05) is 13.0 Å². The fraction of sp³-hybridized carbons (Fsp3) is 0.333. The highest BCUT2D eigenvalue weighted by Crippen LogP contribution is 2.31. The Hall–Kier alpha value is -2.40. The number of aliphatic hydroxyl groups is 1. The molecule has 5 heteroatoms. The van der Waals surface area contributed by atoms with E-state index in [2.05, 4.69) is 10.3 Å². The van der Waals surface area contributed by atoms with Crippen LogP contribution < -0.4 is 10.1 Å². The van der Waals surface area contributed by atoms with E-state index in [4.69, 9.17) is 4.74 Å². The van der Waals surface area contributed by atoms with Crippen LogP contribution in [0.15, 0.2) is 42.7 Å². The van der Waals surface area contributed by atoms with Crippen LogP contribution in [0.2, 0.25) is 0 Å². The smallest absolute Gasteiger partial charge is 0.251 e. The Morgan fingerprint density at radius 3 is 2.70 bits per heavy atom. The van der Waals surface area contributed by atoms with Gasteiger partial charge in [0.05, 0.1) is 5.60 Å². The summed E-state index contributed by atoms with van der Waals surface area (Å²) in [6.45, 7) is 2.22. The van der Waals surface area contributed by atoms with Crippen LogP contribution in [0.3, 0.4) is 0 Å². The molecule has 3 rings (SSSR count). The summed E-state index contributed by atoms with van der Waals surface area (Å²) in [7, 11) is 0. The normalized spacial score (nSPS) is 15.6. The number of nitrogens with one attached hydrogen (secondary N) is 1. The van der Waals surface area contributed by atoms with E-state index in [0.717, 1.165) is 24.8 Å². The van der Waals surface area contributed by atoms with Crippen molar-refractivity contribution >= 4 is 5.91 Å². The van der Waals surface area contributed by atoms with Gasteiger partial charge in [0.25, 0.3) is 5.91 Å². The molecule has 1 heterocycles. The van der Waals surface area contributed by atoms with E-state index in [9.17, 15) is 9.90 Å². The van der Waals surface area contributed by atoms with Gasteiger partial charge in [0.15, 0.2) is 0 Å². The lowest BCUT2D eigenvalue weighted by Gasteiger charge is -2.36. The predicted molar refractivity (Wildman–Crippen MR) is 86.6 cm³/mol. The fourth-order valence-corrected chi connectivity index (χ4v) is 2.49. The number of carbonyl (C=O) groups is 1. The summed E-state index contributed by atoms with van der Waals surface area (Å²) >= 11 is 0. The number of carbonyl (C=O) groups excluding carboxylic acids is 1. The molecule has 23 heavy (non-hydrogen) atoms. The molecule has 2 aromatic rings. The number of ether oxygens (including phenoxy) is 1. The number of amides is 1. The first kappa shape index (κ1) is 15.5. The molecule has 0 radical (unpaired) electrons. The quantitative estimate of drug-likeness (QED) is 0.890. The van der Waals surface area contributed by atoms with Gasteiger partial charge in [-0.05, 0) is 56.0 Å². The van der Waals surface area contributed by atoms with Crippen LogP contribution in [0.5, 0.6) is 11.5 Å². The molecule has 1 aromatic carbocycles. The number of hydrogen-bond acceptors (Lipinski definition) is 4. The Balaban J connectivity index is 1.70. The number of hydrogen-bond donors (Lipinski definition) is 2. The van der Waals surface area contributed by atoms with Gasteiger partial charge in [-0.2, -0.15) is 0 Å². The van der Waals surface area contributed by atoms with E-state index < -0.39 is 5.60 Å². The number of pyridine rings is 1. The van der Waals surface area contributed by atoms with E-state index in [0.29, 0.717) is 23.6 Å². The van der Waals surface area contributed by atoms with Crippen molar-refractivity contribution in [2.45, 2.75) is 31.8 Å². The highest BCUT2D eigenvalue weighted by Gasteiger charge is 2.34. The molecule has 1 aliphatic carbocycles. The van der Waals surface area contributed by atoms with Crippen LogP contribution in [0.25, 0.3) is 0 Å². The van der Waals surface area contributed by atoms with E-state index in [1.165, 1.54) is 0 Å². The fourth-order valence-electron chi connectivity index (χ4n) is 2.49. The summed E-state index contributed by atoms with van der Waals surface area (Å²) in [6.07, 6.45) is 5.82. The van der Waals surface area contributed by atoms with Gasteiger partial charge in [0.1, 0.15) is 11.5 Å². The van der Waals surface area contributed by atoms with E-state index in [-0.39, 0.29) is 5.91 Å². The van der Waals surface area contributed by atoms with Crippen molar-refractivity contribution in [1.82, 2.24) is 10.3 Å². The molecule has 120 valence electrons. The van der Waals surface area contributed by atoms with Gasteiger partial charge >= 0.3 is 0 Å². The first-order valence-electron chi connectivity index (χ1n) is 7.75. The third kappa shape index (κ3) is 3.68. The lowest BCUT2D eigenvalue weighted by molar-refractivity contribution is -0.0300. The first-order chi connectivity index (χ1) is 11.1. The lowest BCUT2D eigenvalue weighted by atomic mass is 9.80. The minimum Gasteiger partial charge on any atom is -0.457 e. The second kappa shape index (κ2) is 6.38. The van der Waals surface area contributed by atoms with Crippen molar-refractivity contribution in [3.8, 4) is 11.5 Å². The summed E-state index contributed by atoms with van der Waals surface area (Å²) < 4.78 is 5.81. The Labute approximate surface area is 135 Å². The zero-order valence-electron chi connectivity index (χ0n) is 13.1. The van der Waals surface area contributed by atoms with Crippen molar-refractivity contribution in [2.24, 2.45) is 0 Å². The second-order valence-electron chi connectivity index (χ2n) is 6.03. The maximum absolute atomic E-state index is 12.3. The molecule has 0 aliphatic heterocycles. The minimum atomic E-state index is -0.725. The molecular weight excluding hydrogens is 292 g/mol. The molecular formula is C18H20N2O3. The van der Waals surface area contributed by atoms with Crippen LogP contribution in [0.1, 0.15) is 35.2 Å². The number of nitrogens with zero attached hydrogens (tertiary/aromatic N) is 1. The van der Waals surface area contributed by atoms with E-state index in [1.54, 1.807) is 36.7 Å². The largest absolute Gasteiger partial charge is 0.457 e.